The van der Waals surface area contributed by atoms with Crippen molar-refractivity contribution in [3.63, 3.8) is 0 Å². The molecule has 1 aliphatic heterocycles. The van der Waals surface area contributed by atoms with Crippen LogP contribution in [0.5, 0.6) is 0 Å². The molecular formula is C13H21N3O. The Kier molecular flexibility index (Phi) is 4.34. The van der Waals surface area contributed by atoms with E-state index in [0.717, 1.165) is 31.9 Å². The maximum atomic E-state index is 9.08. The summed E-state index contributed by atoms with van der Waals surface area (Å²) < 4.78 is 0. The average molecular weight is 235 g/mol. The fraction of sp³-hybridized carbons (Fsp3) is 0.615. The number of aromatic nitrogens is 1. The van der Waals surface area contributed by atoms with Gasteiger partial charge in [0.2, 0.25) is 0 Å². The van der Waals surface area contributed by atoms with Gasteiger partial charge >= 0.3 is 0 Å². The van der Waals surface area contributed by atoms with Crippen LogP contribution in [0.1, 0.15) is 19.0 Å². The minimum absolute atomic E-state index is 0.0175. The van der Waals surface area contributed by atoms with Crippen LogP contribution < -0.4 is 4.90 Å². The lowest BCUT2D eigenvalue weighted by Gasteiger charge is -2.36. The summed E-state index contributed by atoms with van der Waals surface area (Å²) in [6.07, 6.45) is 3.00. The summed E-state index contributed by atoms with van der Waals surface area (Å²) in [5, 5.41) is 9.08. The summed E-state index contributed by atoms with van der Waals surface area (Å²) in [4.78, 5) is 8.98. The van der Waals surface area contributed by atoms with E-state index in [9.17, 15) is 0 Å². The zero-order valence-electron chi connectivity index (χ0n) is 10.5. The van der Waals surface area contributed by atoms with E-state index in [0.29, 0.717) is 0 Å². The van der Waals surface area contributed by atoms with Gasteiger partial charge in [-0.05, 0) is 25.1 Å². The van der Waals surface area contributed by atoms with Crippen LogP contribution in [-0.4, -0.2) is 47.7 Å². The fourth-order valence-electron chi connectivity index (χ4n) is 2.29. The van der Waals surface area contributed by atoms with Gasteiger partial charge in [-0.1, -0.05) is 6.92 Å². The molecule has 1 saturated heterocycles. The van der Waals surface area contributed by atoms with E-state index < -0.39 is 0 Å². The number of aliphatic hydroxyl groups excluding tert-OH is 1. The maximum Gasteiger partial charge on any atom is 0.0853 e. The van der Waals surface area contributed by atoms with Crippen molar-refractivity contribution in [2.45, 2.75) is 20.0 Å². The van der Waals surface area contributed by atoms with E-state index in [-0.39, 0.29) is 6.61 Å². The molecule has 0 aromatic carbocycles. The van der Waals surface area contributed by atoms with Crippen molar-refractivity contribution in [3.8, 4) is 0 Å². The van der Waals surface area contributed by atoms with E-state index in [1.165, 1.54) is 18.7 Å². The van der Waals surface area contributed by atoms with Crippen molar-refractivity contribution >= 4 is 5.69 Å². The molecule has 0 aliphatic carbocycles. The summed E-state index contributed by atoms with van der Waals surface area (Å²) in [5.41, 5.74) is 1.93. The molecule has 4 nitrogen and oxygen atoms in total. The van der Waals surface area contributed by atoms with Crippen LogP contribution in [0.2, 0.25) is 0 Å². The molecule has 0 atom stereocenters. The third-order valence-electron chi connectivity index (χ3n) is 3.24. The van der Waals surface area contributed by atoms with Gasteiger partial charge in [-0.3, -0.25) is 9.88 Å². The quantitative estimate of drug-likeness (QED) is 0.848. The van der Waals surface area contributed by atoms with Crippen molar-refractivity contribution in [2.75, 3.05) is 37.6 Å². The first-order valence-electron chi connectivity index (χ1n) is 6.36. The Balaban J connectivity index is 1.95. The lowest BCUT2D eigenvalue weighted by molar-refractivity contribution is 0.258. The number of hydrogen-bond acceptors (Lipinski definition) is 4. The van der Waals surface area contributed by atoms with Gasteiger partial charge < -0.3 is 10.0 Å². The number of rotatable bonds is 4. The molecule has 1 N–H and O–H groups in total. The number of piperazine rings is 1. The molecule has 2 heterocycles. The topological polar surface area (TPSA) is 39.6 Å². The van der Waals surface area contributed by atoms with Crippen LogP contribution in [0, 0.1) is 0 Å². The van der Waals surface area contributed by atoms with Gasteiger partial charge in [0.15, 0.2) is 0 Å². The third kappa shape index (κ3) is 3.17. The summed E-state index contributed by atoms with van der Waals surface area (Å²) in [7, 11) is 0. The zero-order valence-corrected chi connectivity index (χ0v) is 10.5. The molecule has 0 radical (unpaired) electrons. The van der Waals surface area contributed by atoms with Crippen LogP contribution in [0.4, 0.5) is 5.69 Å². The molecule has 0 saturated carbocycles. The lowest BCUT2D eigenvalue weighted by Crippen LogP contribution is -2.46. The predicted molar refractivity (Wildman–Crippen MR) is 69.1 cm³/mol. The van der Waals surface area contributed by atoms with Gasteiger partial charge in [0, 0.05) is 38.1 Å². The molecule has 1 aromatic heterocycles. The second-order valence-electron chi connectivity index (χ2n) is 4.49. The lowest BCUT2D eigenvalue weighted by atomic mass is 10.2. The second-order valence-corrected chi connectivity index (χ2v) is 4.49. The van der Waals surface area contributed by atoms with Crippen molar-refractivity contribution in [3.05, 3.63) is 24.0 Å². The Morgan fingerprint density at radius 3 is 2.71 bits per heavy atom. The Bertz CT molecular complexity index is 348. The Morgan fingerprint density at radius 2 is 2.06 bits per heavy atom. The van der Waals surface area contributed by atoms with Crippen LogP contribution in [0.3, 0.4) is 0 Å². The number of anilines is 1. The van der Waals surface area contributed by atoms with Gasteiger partial charge in [0.25, 0.3) is 0 Å². The standard InChI is InChI=1S/C13H21N3O/c1-2-5-15-6-8-16(9-7-15)13-3-4-14-12(10-13)11-17/h3-4,10,17H,2,5-9,11H2,1H3. The van der Waals surface area contributed by atoms with Crippen molar-refractivity contribution < 1.29 is 5.11 Å². The molecule has 0 unspecified atom stereocenters. The first-order valence-corrected chi connectivity index (χ1v) is 6.36. The number of aliphatic hydroxyl groups is 1. The molecule has 0 bridgehead atoms. The van der Waals surface area contributed by atoms with E-state index in [1.54, 1.807) is 6.20 Å². The van der Waals surface area contributed by atoms with Crippen molar-refractivity contribution in [1.82, 2.24) is 9.88 Å². The fourth-order valence-corrected chi connectivity index (χ4v) is 2.29. The van der Waals surface area contributed by atoms with Gasteiger partial charge in [-0.2, -0.15) is 0 Å². The maximum absolute atomic E-state index is 9.08. The molecule has 0 amide bonds. The Morgan fingerprint density at radius 1 is 1.29 bits per heavy atom. The summed E-state index contributed by atoms with van der Waals surface area (Å²) >= 11 is 0. The smallest absolute Gasteiger partial charge is 0.0853 e. The summed E-state index contributed by atoms with van der Waals surface area (Å²) in [6.45, 7) is 7.83. The third-order valence-corrected chi connectivity index (χ3v) is 3.24. The predicted octanol–water partition coefficient (Wildman–Crippen LogP) is 1.11. The van der Waals surface area contributed by atoms with Crippen molar-refractivity contribution in [1.29, 1.82) is 0 Å². The normalized spacial score (nSPS) is 17.4. The monoisotopic (exact) mass is 235 g/mol. The van der Waals surface area contributed by atoms with Crippen LogP contribution >= 0.6 is 0 Å². The largest absolute Gasteiger partial charge is 0.390 e. The van der Waals surface area contributed by atoms with Gasteiger partial charge in [0.1, 0.15) is 0 Å². The minimum Gasteiger partial charge on any atom is -0.390 e. The SMILES string of the molecule is CCCN1CCN(c2ccnc(CO)c2)CC1. The highest BCUT2D eigenvalue weighted by Crippen LogP contribution is 2.16. The molecular weight excluding hydrogens is 214 g/mol. The zero-order chi connectivity index (χ0) is 12.1. The highest BCUT2D eigenvalue weighted by Gasteiger charge is 2.16. The Hall–Kier alpha value is -1.13. The first kappa shape index (κ1) is 12.3. The number of pyridine rings is 1. The first-order chi connectivity index (χ1) is 8.33. The van der Waals surface area contributed by atoms with E-state index in [2.05, 4.69) is 21.7 Å². The molecule has 1 fully saturated rings. The molecule has 1 aromatic rings. The molecule has 0 spiro atoms. The molecule has 94 valence electrons. The molecule has 1 aliphatic rings. The highest BCUT2D eigenvalue weighted by molar-refractivity contribution is 5.46. The second kappa shape index (κ2) is 5.98. The summed E-state index contributed by atoms with van der Waals surface area (Å²) in [6, 6.07) is 4.00. The van der Waals surface area contributed by atoms with E-state index in [4.69, 9.17) is 5.11 Å². The van der Waals surface area contributed by atoms with Crippen molar-refractivity contribution in [2.24, 2.45) is 0 Å². The van der Waals surface area contributed by atoms with E-state index >= 15 is 0 Å². The van der Waals surface area contributed by atoms with Crippen LogP contribution in [0.25, 0.3) is 0 Å². The van der Waals surface area contributed by atoms with Gasteiger partial charge in [-0.15, -0.1) is 0 Å². The van der Waals surface area contributed by atoms with Crippen LogP contribution in [0.15, 0.2) is 18.3 Å². The van der Waals surface area contributed by atoms with E-state index in [1.807, 2.05) is 12.1 Å². The number of hydrogen-bond donors (Lipinski definition) is 1. The Labute approximate surface area is 103 Å². The molecule has 4 heteroatoms. The average Bonchev–Trinajstić information content (AvgIpc) is 2.40. The molecule has 2 rings (SSSR count). The van der Waals surface area contributed by atoms with Gasteiger partial charge in [-0.25, -0.2) is 0 Å². The minimum atomic E-state index is 0.0175. The van der Waals surface area contributed by atoms with Gasteiger partial charge in [0.05, 0.1) is 12.3 Å². The molecule has 17 heavy (non-hydrogen) atoms. The highest BCUT2D eigenvalue weighted by atomic mass is 16.3. The van der Waals surface area contributed by atoms with Crippen LogP contribution in [-0.2, 0) is 6.61 Å². The summed E-state index contributed by atoms with van der Waals surface area (Å²) in [5.74, 6) is 0. The number of nitrogens with zero attached hydrogens (tertiary/aromatic N) is 3.